The minimum Gasteiger partial charge on any atom is -0.477 e. The summed E-state index contributed by atoms with van der Waals surface area (Å²) in [5.41, 5.74) is -0.916. The number of aromatic carboxylic acids is 1. The third kappa shape index (κ3) is 2.34. The normalized spacial score (nSPS) is 17.3. The molecule has 0 atom stereocenters. The minimum absolute atomic E-state index is 0.0582. The van der Waals surface area contributed by atoms with E-state index in [4.69, 9.17) is 5.11 Å². The fourth-order valence-electron chi connectivity index (χ4n) is 2.38. The third-order valence-corrected chi connectivity index (χ3v) is 5.21. The zero-order chi connectivity index (χ0) is 15.1. The van der Waals surface area contributed by atoms with Crippen LogP contribution in [-0.4, -0.2) is 34.4 Å². The lowest BCUT2D eigenvalue weighted by molar-refractivity contribution is 0.0690. The molecule has 2 aromatic heterocycles. The Bertz CT molecular complexity index is 759. The van der Waals surface area contributed by atoms with Crippen LogP contribution in [0.2, 0.25) is 0 Å². The highest BCUT2D eigenvalue weighted by molar-refractivity contribution is 7.89. The van der Waals surface area contributed by atoms with Crippen LogP contribution in [0.1, 0.15) is 35.6 Å². The molecular formula is C12H14N4O4S. The summed E-state index contributed by atoms with van der Waals surface area (Å²) in [6.07, 6.45) is 6.10. The molecular weight excluding hydrogens is 296 g/mol. The van der Waals surface area contributed by atoms with Crippen molar-refractivity contribution in [2.75, 3.05) is 0 Å². The van der Waals surface area contributed by atoms with Gasteiger partial charge in [0.15, 0.2) is 0 Å². The number of aromatic amines is 2. The second-order valence-electron chi connectivity index (χ2n) is 5.04. The third-order valence-electron chi connectivity index (χ3n) is 3.68. The average molecular weight is 310 g/mol. The number of hydrogen-bond donors (Lipinski definition) is 4. The van der Waals surface area contributed by atoms with Crippen molar-refractivity contribution in [3.8, 4) is 0 Å². The lowest BCUT2D eigenvalue weighted by atomic mass is 9.77. The fourth-order valence-corrected chi connectivity index (χ4v) is 3.79. The number of carboxylic acid groups (broad SMARTS) is 1. The number of hydrogen-bond acceptors (Lipinski definition) is 4. The van der Waals surface area contributed by atoms with Gasteiger partial charge in [-0.2, -0.15) is 4.72 Å². The largest absolute Gasteiger partial charge is 0.477 e. The van der Waals surface area contributed by atoms with Crippen molar-refractivity contribution >= 4 is 16.0 Å². The highest BCUT2D eigenvalue weighted by Gasteiger charge is 2.45. The van der Waals surface area contributed by atoms with Crippen LogP contribution in [0.4, 0.5) is 0 Å². The van der Waals surface area contributed by atoms with E-state index >= 15 is 0 Å². The van der Waals surface area contributed by atoms with Crippen molar-refractivity contribution in [3.63, 3.8) is 0 Å². The summed E-state index contributed by atoms with van der Waals surface area (Å²) in [4.78, 5) is 20.4. The Morgan fingerprint density at radius 1 is 1.43 bits per heavy atom. The lowest BCUT2D eigenvalue weighted by Gasteiger charge is -2.40. The highest BCUT2D eigenvalue weighted by Crippen LogP contribution is 2.41. The number of aromatic nitrogens is 3. The van der Waals surface area contributed by atoms with E-state index in [2.05, 4.69) is 19.7 Å². The molecule has 1 aliphatic rings. The number of imidazole rings is 1. The van der Waals surface area contributed by atoms with Crippen LogP contribution < -0.4 is 4.72 Å². The summed E-state index contributed by atoms with van der Waals surface area (Å²) in [6, 6.07) is 1.46. The highest BCUT2D eigenvalue weighted by atomic mass is 32.2. The molecule has 1 aliphatic carbocycles. The summed E-state index contributed by atoms with van der Waals surface area (Å²) >= 11 is 0. The second-order valence-corrected chi connectivity index (χ2v) is 6.72. The van der Waals surface area contributed by atoms with E-state index in [1.165, 1.54) is 24.7 Å². The number of H-pyrrole nitrogens is 2. The van der Waals surface area contributed by atoms with E-state index in [-0.39, 0.29) is 10.6 Å². The number of nitrogens with zero attached hydrogens (tertiary/aromatic N) is 1. The smallest absolute Gasteiger partial charge is 0.353 e. The Morgan fingerprint density at radius 2 is 2.19 bits per heavy atom. The summed E-state index contributed by atoms with van der Waals surface area (Å²) in [7, 11) is -3.68. The van der Waals surface area contributed by atoms with Gasteiger partial charge in [-0.05, 0) is 25.3 Å². The topological polar surface area (TPSA) is 128 Å². The molecule has 0 aliphatic heterocycles. The molecule has 2 aromatic rings. The van der Waals surface area contributed by atoms with Crippen molar-refractivity contribution in [2.45, 2.75) is 29.7 Å². The first-order chi connectivity index (χ1) is 9.93. The molecule has 0 saturated heterocycles. The van der Waals surface area contributed by atoms with Gasteiger partial charge >= 0.3 is 5.97 Å². The molecule has 0 radical (unpaired) electrons. The molecule has 0 aromatic carbocycles. The first-order valence-corrected chi connectivity index (χ1v) is 7.87. The number of carboxylic acids is 1. The van der Waals surface area contributed by atoms with Gasteiger partial charge < -0.3 is 15.1 Å². The van der Waals surface area contributed by atoms with Crippen molar-refractivity contribution in [3.05, 3.63) is 36.2 Å². The molecule has 9 heteroatoms. The Morgan fingerprint density at radius 3 is 2.67 bits per heavy atom. The van der Waals surface area contributed by atoms with Gasteiger partial charge in [0.05, 0.1) is 16.6 Å². The van der Waals surface area contributed by atoms with Gasteiger partial charge in [-0.15, -0.1) is 0 Å². The molecule has 8 nitrogen and oxygen atoms in total. The van der Waals surface area contributed by atoms with Gasteiger partial charge in [0.1, 0.15) is 11.5 Å². The van der Waals surface area contributed by atoms with Crippen LogP contribution in [0.25, 0.3) is 0 Å². The molecule has 0 spiro atoms. The van der Waals surface area contributed by atoms with Gasteiger partial charge in [0.25, 0.3) is 0 Å². The van der Waals surface area contributed by atoms with Crippen LogP contribution in [0.3, 0.4) is 0 Å². The first-order valence-electron chi connectivity index (χ1n) is 6.38. The second kappa shape index (κ2) is 4.71. The molecule has 21 heavy (non-hydrogen) atoms. The monoisotopic (exact) mass is 310 g/mol. The molecule has 0 amide bonds. The maximum absolute atomic E-state index is 12.3. The van der Waals surface area contributed by atoms with Crippen LogP contribution >= 0.6 is 0 Å². The van der Waals surface area contributed by atoms with Gasteiger partial charge in [-0.3, -0.25) is 0 Å². The van der Waals surface area contributed by atoms with Gasteiger partial charge in [-0.1, -0.05) is 0 Å². The summed E-state index contributed by atoms with van der Waals surface area (Å²) in [5, 5.41) is 8.92. The number of sulfonamides is 1. The summed E-state index contributed by atoms with van der Waals surface area (Å²) < 4.78 is 27.3. The molecule has 1 saturated carbocycles. The summed E-state index contributed by atoms with van der Waals surface area (Å²) in [6.45, 7) is 0. The van der Waals surface area contributed by atoms with E-state index in [9.17, 15) is 13.2 Å². The Hall–Kier alpha value is -2.13. The quantitative estimate of drug-likeness (QED) is 0.649. The average Bonchev–Trinajstić information content (AvgIpc) is 3.04. The number of carbonyl (C=O) groups is 1. The van der Waals surface area contributed by atoms with Crippen molar-refractivity contribution in [1.82, 2.24) is 19.7 Å². The zero-order valence-electron chi connectivity index (χ0n) is 11.0. The Labute approximate surface area is 120 Å². The lowest BCUT2D eigenvalue weighted by Crippen LogP contribution is -2.51. The molecule has 4 N–H and O–H groups in total. The first kappa shape index (κ1) is 13.8. The SMILES string of the molecule is O=C(O)c1cnc(C2(NS(=O)(=O)c3cc[nH]c3)CCC2)[nH]1. The van der Waals surface area contributed by atoms with E-state index in [0.29, 0.717) is 18.7 Å². The van der Waals surface area contributed by atoms with Crippen LogP contribution in [0.5, 0.6) is 0 Å². The molecule has 1 fully saturated rings. The molecule has 0 bridgehead atoms. The van der Waals surface area contributed by atoms with Crippen molar-refractivity contribution < 1.29 is 18.3 Å². The molecule has 3 rings (SSSR count). The molecule has 2 heterocycles. The zero-order valence-corrected chi connectivity index (χ0v) is 11.8. The fraction of sp³-hybridized carbons (Fsp3) is 0.333. The molecule has 0 unspecified atom stereocenters. The standard InChI is InChI=1S/C12H14N4O4S/c17-10(18)9-7-14-11(15-9)12(3-1-4-12)16-21(19,20)8-2-5-13-6-8/h2,5-7,13,16H,1,3-4H2,(H,14,15)(H,17,18). The minimum atomic E-state index is -3.68. The van der Waals surface area contributed by atoms with Crippen LogP contribution in [-0.2, 0) is 15.6 Å². The van der Waals surface area contributed by atoms with Gasteiger partial charge in [-0.25, -0.2) is 18.2 Å². The van der Waals surface area contributed by atoms with Crippen LogP contribution in [0, 0.1) is 0 Å². The van der Waals surface area contributed by atoms with E-state index in [1.54, 1.807) is 0 Å². The van der Waals surface area contributed by atoms with Crippen molar-refractivity contribution in [2.24, 2.45) is 0 Å². The van der Waals surface area contributed by atoms with Crippen molar-refractivity contribution in [1.29, 1.82) is 0 Å². The number of nitrogens with one attached hydrogen (secondary N) is 3. The Kier molecular flexibility index (Phi) is 3.10. The maximum Gasteiger partial charge on any atom is 0.353 e. The van der Waals surface area contributed by atoms with Gasteiger partial charge in [0, 0.05) is 12.4 Å². The predicted octanol–water partition coefficient (Wildman–Crippen LogP) is 0.794. The van der Waals surface area contributed by atoms with Gasteiger partial charge in [0.2, 0.25) is 10.0 Å². The maximum atomic E-state index is 12.3. The molecule has 112 valence electrons. The Balaban J connectivity index is 1.92. The van der Waals surface area contributed by atoms with E-state index in [1.807, 2.05) is 0 Å². The summed E-state index contributed by atoms with van der Waals surface area (Å²) in [5.74, 6) is -0.790. The van der Waals surface area contributed by atoms with Crippen LogP contribution in [0.15, 0.2) is 29.6 Å². The van der Waals surface area contributed by atoms with E-state index in [0.717, 1.165) is 6.42 Å². The van der Waals surface area contributed by atoms with E-state index < -0.39 is 21.5 Å². The predicted molar refractivity (Wildman–Crippen MR) is 72.2 cm³/mol. The number of rotatable bonds is 5.